The molecule has 0 saturated heterocycles. The molecule has 3 aromatic rings. The van der Waals surface area contributed by atoms with Crippen LogP contribution >= 0.6 is 0 Å². The van der Waals surface area contributed by atoms with E-state index in [1.54, 1.807) is 48.8 Å². The fourth-order valence-electron chi connectivity index (χ4n) is 3.10. The molecule has 164 valence electrons. The SMILES string of the molecule is COc1ccc(C(=O)N/C(=C/c2cccnc2)C(=O)Nc2ccc(C)cc2C)cc1OC. The van der Waals surface area contributed by atoms with Crippen molar-refractivity contribution in [1.82, 2.24) is 10.3 Å². The van der Waals surface area contributed by atoms with Gasteiger partial charge in [-0.05, 0) is 61.4 Å². The maximum atomic E-state index is 13.1. The van der Waals surface area contributed by atoms with E-state index in [9.17, 15) is 9.59 Å². The Morgan fingerprint density at radius 1 is 0.969 bits per heavy atom. The molecule has 2 amide bonds. The van der Waals surface area contributed by atoms with Gasteiger partial charge in [-0.25, -0.2) is 0 Å². The highest BCUT2D eigenvalue weighted by molar-refractivity contribution is 6.11. The van der Waals surface area contributed by atoms with Crippen molar-refractivity contribution >= 4 is 23.6 Å². The van der Waals surface area contributed by atoms with Crippen LogP contribution in [0.3, 0.4) is 0 Å². The van der Waals surface area contributed by atoms with Crippen LogP contribution in [0.15, 0.2) is 66.6 Å². The first-order valence-corrected chi connectivity index (χ1v) is 9.95. The molecule has 1 aromatic heterocycles. The highest BCUT2D eigenvalue weighted by Gasteiger charge is 2.17. The number of hydrogen-bond acceptors (Lipinski definition) is 5. The van der Waals surface area contributed by atoms with Gasteiger partial charge in [0.05, 0.1) is 14.2 Å². The number of aryl methyl sites for hydroxylation is 2. The summed E-state index contributed by atoms with van der Waals surface area (Å²) in [6.07, 6.45) is 4.81. The number of carbonyl (C=O) groups is 2. The number of anilines is 1. The predicted octanol–water partition coefficient (Wildman–Crippen LogP) is 4.13. The third kappa shape index (κ3) is 5.51. The Bertz CT molecular complexity index is 1160. The van der Waals surface area contributed by atoms with E-state index >= 15 is 0 Å². The third-order valence-corrected chi connectivity index (χ3v) is 4.76. The van der Waals surface area contributed by atoms with E-state index in [0.717, 1.165) is 11.1 Å². The summed E-state index contributed by atoms with van der Waals surface area (Å²) in [6.45, 7) is 3.89. The lowest BCUT2D eigenvalue weighted by Crippen LogP contribution is -2.31. The summed E-state index contributed by atoms with van der Waals surface area (Å²) in [7, 11) is 3.01. The monoisotopic (exact) mass is 431 g/mol. The van der Waals surface area contributed by atoms with Gasteiger partial charge in [0.15, 0.2) is 11.5 Å². The normalized spacial score (nSPS) is 10.9. The van der Waals surface area contributed by atoms with Crippen LogP contribution in [0, 0.1) is 13.8 Å². The van der Waals surface area contributed by atoms with Gasteiger partial charge in [0.2, 0.25) is 0 Å². The lowest BCUT2D eigenvalue weighted by atomic mass is 10.1. The Hall–Kier alpha value is -4.13. The number of rotatable bonds is 7. The molecule has 0 aliphatic carbocycles. The Balaban J connectivity index is 1.90. The van der Waals surface area contributed by atoms with Crippen molar-refractivity contribution in [3.8, 4) is 11.5 Å². The average molecular weight is 431 g/mol. The number of carbonyl (C=O) groups excluding carboxylic acids is 2. The van der Waals surface area contributed by atoms with E-state index in [0.29, 0.717) is 28.3 Å². The van der Waals surface area contributed by atoms with Gasteiger partial charge < -0.3 is 20.1 Å². The zero-order chi connectivity index (χ0) is 23.1. The van der Waals surface area contributed by atoms with Crippen molar-refractivity contribution < 1.29 is 19.1 Å². The van der Waals surface area contributed by atoms with Crippen LogP contribution in [0.1, 0.15) is 27.0 Å². The summed E-state index contributed by atoms with van der Waals surface area (Å²) < 4.78 is 10.5. The third-order valence-electron chi connectivity index (χ3n) is 4.76. The molecular formula is C25H25N3O4. The summed E-state index contributed by atoms with van der Waals surface area (Å²) in [6, 6.07) is 14.0. The van der Waals surface area contributed by atoms with Gasteiger partial charge in [0, 0.05) is 23.6 Å². The molecule has 0 saturated carbocycles. The summed E-state index contributed by atoms with van der Waals surface area (Å²) in [5.74, 6) is 0.00643. The smallest absolute Gasteiger partial charge is 0.272 e. The summed E-state index contributed by atoms with van der Waals surface area (Å²) in [5, 5.41) is 5.58. The maximum absolute atomic E-state index is 13.1. The molecule has 2 aromatic carbocycles. The minimum absolute atomic E-state index is 0.0813. The molecule has 0 aliphatic heterocycles. The molecule has 0 aliphatic rings. The number of hydrogen-bond donors (Lipinski definition) is 2. The van der Waals surface area contributed by atoms with E-state index in [1.165, 1.54) is 14.2 Å². The topological polar surface area (TPSA) is 89.5 Å². The number of nitrogens with zero attached hydrogens (tertiary/aromatic N) is 1. The largest absolute Gasteiger partial charge is 0.493 e. The molecule has 7 heteroatoms. The van der Waals surface area contributed by atoms with Gasteiger partial charge in [-0.1, -0.05) is 23.8 Å². The second kappa shape index (κ2) is 10.3. The first-order valence-electron chi connectivity index (χ1n) is 9.95. The van der Waals surface area contributed by atoms with Crippen LogP contribution in [-0.4, -0.2) is 31.0 Å². The van der Waals surface area contributed by atoms with E-state index in [-0.39, 0.29) is 5.70 Å². The zero-order valence-corrected chi connectivity index (χ0v) is 18.4. The van der Waals surface area contributed by atoms with Crippen molar-refractivity contribution in [2.24, 2.45) is 0 Å². The molecule has 32 heavy (non-hydrogen) atoms. The highest BCUT2D eigenvalue weighted by atomic mass is 16.5. The number of pyridine rings is 1. The number of methoxy groups -OCH3 is 2. The fourth-order valence-corrected chi connectivity index (χ4v) is 3.10. The standard InChI is InChI=1S/C25H25N3O4/c1-16-7-9-20(17(2)12-16)27-25(30)21(13-18-6-5-11-26-15-18)28-24(29)19-8-10-22(31-3)23(14-19)32-4/h5-15H,1-4H3,(H,27,30)(H,28,29)/b21-13+. The summed E-state index contributed by atoms with van der Waals surface area (Å²) in [5.41, 5.74) is 3.75. The van der Waals surface area contributed by atoms with Crippen LogP contribution < -0.4 is 20.1 Å². The molecule has 0 atom stereocenters. The second-order valence-corrected chi connectivity index (χ2v) is 7.14. The lowest BCUT2D eigenvalue weighted by Gasteiger charge is -2.14. The van der Waals surface area contributed by atoms with Crippen LogP contribution in [0.2, 0.25) is 0 Å². The minimum Gasteiger partial charge on any atom is -0.493 e. The van der Waals surface area contributed by atoms with Gasteiger partial charge in [-0.3, -0.25) is 14.6 Å². The molecule has 2 N–H and O–H groups in total. The maximum Gasteiger partial charge on any atom is 0.272 e. The Labute approximate surface area is 187 Å². The van der Waals surface area contributed by atoms with E-state index in [1.807, 2.05) is 32.0 Å². The first-order chi connectivity index (χ1) is 15.4. The van der Waals surface area contributed by atoms with Crippen LogP contribution in [-0.2, 0) is 4.79 Å². The molecule has 0 unspecified atom stereocenters. The summed E-state index contributed by atoms with van der Waals surface area (Å²) >= 11 is 0. The fraction of sp³-hybridized carbons (Fsp3) is 0.160. The Morgan fingerprint density at radius 3 is 2.41 bits per heavy atom. The number of benzene rings is 2. The molecule has 1 heterocycles. The molecule has 0 spiro atoms. The number of aromatic nitrogens is 1. The molecule has 0 radical (unpaired) electrons. The summed E-state index contributed by atoms with van der Waals surface area (Å²) in [4.78, 5) is 30.1. The zero-order valence-electron chi connectivity index (χ0n) is 18.4. The van der Waals surface area contributed by atoms with Gasteiger partial charge in [0.25, 0.3) is 11.8 Å². The minimum atomic E-state index is -0.461. The Morgan fingerprint density at radius 2 is 1.75 bits per heavy atom. The van der Waals surface area contributed by atoms with Crippen LogP contribution in [0.5, 0.6) is 11.5 Å². The number of amides is 2. The highest BCUT2D eigenvalue weighted by Crippen LogP contribution is 2.27. The van der Waals surface area contributed by atoms with Gasteiger partial charge in [0.1, 0.15) is 5.70 Å². The molecule has 0 bridgehead atoms. The molecule has 3 rings (SSSR count). The van der Waals surface area contributed by atoms with Gasteiger partial charge in [-0.2, -0.15) is 0 Å². The quantitative estimate of drug-likeness (QED) is 0.549. The van der Waals surface area contributed by atoms with Gasteiger partial charge >= 0.3 is 0 Å². The molecule has 7 nitrogen and oxygen atoms in total. The molecule has 0 fully saturated rings. The number of nitrogens with one attached hydrogen (secondary N) is 2. The average Bonchev–Trinajstić information content (AvgIpc) is 2.80. The van der Waals surface area contributed by atoms with Gasteiger partial charge in [-0.15, -0.1) is 0 Å². The van der Waals surface area contributed by atoms with Crippen molar-refractivity contribution in [3.63, 3.8) is 0 Å². The van der Waals surface area contributed by atoms with Crippen molar-refractivity contribution in [3.05, 3.63) is 88.9 Å². The predicted molar refractivity (Wildman–Crippen MR) is 124 cm³/mol. The van der Waals surface area contributed by atoms with Crippen LogP contribution in [0.4, 0.5) is 5.69 Å². The van der Waals surface area contributed by atoms with Crippen molar-refractivity contribution in [2.45, 2.75) is 13.8 Å². The lowest BCUT2D eigenvalue weighted by molar-refractivity contribution is -0.113. The Kier molecular flexibility index (Phi) is 7.23. The molecular weight excluding hydrogens is 406 g/mol. The van der Waals surface area contributed by atoms with E-state index < -0.39 is 11.8 Å². The second-order valence-electron chi connectivity index (χ2n) is 7.14. The van der Waals surface area contributed by atoms with E-state index in [4.69, 9.17) is 9.47 Å². The van der Waals surface area contributed by atoms with Crippen molar-refractivity contribution in [1.29, 1.82) is 0 Å². The van der Waals surface area contributed by atoms with Crippen LogP contribution in [0.25, 0.3) is 6.08 Å². The van der Waals surface area contributed by atoms with E-state index in [2.05, 4.69) is 15.6 Å². The number of ether oxygens (including phenoxy) is 2. The first kappa shape index (κ1) is 22.6. The van der Waals surface area contributed by atoms with Crippen molar-refractivity contribution in [2.75, 3.05) is 19.5 Å².